The van der Waals surface area contributed by atoms with Crippen molar-refractivity contribution in [3.63, 3.8) is 0 Å². The summed E-state index contributed by atoms with van der Waals surface area (Å²) in [6.45, 7) is 5.08. The molecular formula is C19H24N4O2S. The number of aromatic nitrogens is 2. The smallest absolute Gasteiger partial charge is 0.189 e. The Morgan fingerprint density at radius 1 is 1.19 bits per heavy atom. The van der Waals surface area contributed by atoms with Crippen molar-refractivity contribution in [2.45, 2.75) is 25.4 Å². The summed E-state index contributed by atoms with van der Waals surface area (Å²) in [5, 5.41) is 13.6. The Kier molecular flexibility index (Phi) is 7.10. The van der Waals surface area contributed by atoms with Crippen LogP contribution in [0.5, 0.6) is 11.5 Å². The van der Waals surface area contributed by atoms with E-state index in [1.54, 1.807) is 14.2 Å². The average Bonchev–Trinajstić information content (AvgIpc) is 2.66. The highest BCUT2D eigenvalue weighted by molar-refractivity contribution is 7.98. The molecule has 138 valence electrons. The molecule has 0 spiro atoms. The molecule has 0 saturated carbocycles. The first-order valence-electron chi connectivity index (χ1n) is 8.36. The summed E-state index contributed by atoms with van der Waals surface area (Å²) in [6, 6.07) is 7.75. The molecule has 0 aliphatic carbocycles. The highest BCUT2D eigenvalue weighted by atomic mass is 32.2. The first kappa shape index (κ1) is 19.9. The van der Waals surface area contributed by atoms with Crippen molar-refractivity contribution in [3.8, 4) is 28.8 Å². The van der Waals surface area contributed by atoms with E-state index in [0.717, 1.165) is 18.5 Å². The molecule has 0 bridgehead atoms. The van der Waals surface area contributed by atoms with Gasteiger partial charge in [-0.25, -0.2) is 9.97 Å². The minimum absolute atomic E-state index is 0.429. The minimum atomic E-state index is 0.429. The fourth-order valence-corrected chi connectivity index (χ4v) is 2.80. The molecule has 0 aliphatic heterocycles. The van der Waals surface area contributed by atoms with Crippen molar-refractivity contribution >= 4 is 17.6 Å². The Morgan fingerprint density at radius 3 is 2.50 bits per heavy atom. The number of hydrogen-bond donors (Lipinski definition) is 1. The van der Waals surface area contributed by atoms with Crippen LogP contribution in [-0.4, -0.2) is 37.0 Å². The second-order valence-electron chi connectivity index (χ2n) is 6.07. The lowest BCUT2D eigenvalue weighted by Gasteiger charge is -2.14. The van der Waals surface area contributed by atoms with Crippen LogP contribution in [0.1, 0.15) is 25.8 Å². The van der Waals surface area contributed by atoms with Crippen LogP contribution in [0.2, 0.25) is 0 Å². The van der Waals surface area contributed by atoms with Crippen molar-refractivity contribution in [1.82, 2.24) is 9.97 Å². The van der Waals surface area contributed by atoms with Gasteiger partial charge in [0.25, 0.3) is 0 Å². The van der Waals surface area contributed by atoms with Crippen LogP contribution in [-0.2, 0) is 0 Å². The lowest BCUT2D eigenvalue weighted by molar-refractivity contribution is 0.355. The zero-order valence-electron chi connectivity index (χ0n) is 15.8. The Morgan fingerprint density at radius 2 is 1.92 bits per heavy atom. The summed E-state index contributed by atoms with van der Waals surface area (Å²) >= 11 is 1.44. The van der Waals surface area contributed by atoms with Gasteiger partial charge in [0.15, 0.2) is 16.7 Å². The van der Waals surface area contributed by atoms with Gasteiger partial charge >= 0.3 is 0 Å². The number of nitrogens with one attached hydrogen (secondary N) is 1. The minimum Gasteiger partial charge on any atom is -0.493 e. The lowest BCUT2D eigenvalue weighted by Crippen LogP contribution is -2.10. The number of thioether (sulfide) groups is 1. The predicted octanol–water partition coefficient (Wildman–Crippen LogP) is 4.21. The normalized spacial score (nSPS) is 10.5. The van der Waals surface area contributed by atoms with Gasteiger partial charge in [-0.3, -0.25) is 0 Å². The molecule has 26 heavy (non-hydrogen) atoms. The maximum absolute atomic E-state index is 9.73. The third-order valence-corrected chi connectivity index (χ3v) is 4.40. The molecule has 1 N–H and O–H groups in total. The number of ether oxygens (including phenoxy) is 2. The van der Waals surface area contributed by atoms with Crippen LogP contribution in [0, 0.1) is 17.2 Å². The molecule has 0 fully saturated rings. The molecule has 0 radical (unpaired) electrons. The fraction of sp³-hybridized carbons (Fsp3) is 0.421. The van der Waals surface area contributed by atoms with Crippen LogP contribution >= 0.6 is 11.8 Å². The predicted molar refractivity (Wildman–Crippen MR) is 105 cm³/mol. The monoisotopic (exact) mass is 372 g/mol. The SMILES string of the molecule is COc1ccc(-c2nc(SC)nc(NCCC(C)C)c2C#N)cc1OC. The van der Waals surface area contributed by atoms with Gasteiger partial charge in [-0.1, -0.05) is 25.6 Å². The van der Waals surface area contributed by atoms with Crippen LogP contribution in [0.4, 0.5) is 5.82 Å². The van der Waals surface area contributed by atoms with Gasteiger partial charge in [0.05, 0.1) is 19.9 Å². The molecule has 1 aromatic heterocycles. The van der Waals surface area contributed by atoms with E-state index in [-0.39, 0.29) is 0 Å². The van der Waals surface area contributed by atoms with Crippen LogP contribution in [0.15, 0.2) is 23.4 Å². The third-order valence-electron chi connectivity index (χ3n) is 3.85. The van der Waals surface area contributed by atoms with Crippen molar-refractivity contribution < 1.29 is 9.47 Å². The summed E-state index contributed by atoms with van der Waals surface area (Å²) in [5.41, 5.74) is 1.79. The summed E-state index contributed by atoms with van der Waals surface area (Å²) in [6.07, 6.45) is 2.91. The molecule has 7 heteroatoms. The van der Waals surface area contributed by atoms with Gasteiger partial charge in [0.1, 0.15) is 17.5 Å². The largest absolute Gasteiger partial charge is 0.493 e. The van der Waals surface area contributed by atoms with E-state index in [9.17, 15) is 5.26 Å². The fourth-order valence-electron chi connectivity index (χ4n) is 2.44. The molecule has 2 rings (SSSR count). The number of methoxy groups -OCH3 is 2. The Hall–Kier alpha value is -2.46. The van der Waals surface area contributed by atoms with Crippen molar-refractivity contribution in [2.75, 3.05) is 32.3 Å². The standard InChI is InChI=1S/C19H24N4O2S/c1-12(2)8-9-21-18-14(11-20)17(22-19(23-18)26-5)13-6-7-15(24-3)16(10-13)25-4/h6-7,10,12H,8-9H2,1-5H3,(H,21,22,23). The number of benzene rings is 1. The number of anilines is 1. The molecule has 6 nitrogen and oxygen atoms in total. The summed E-state index contributed by atoms with van der Waals surface area (Å²) < 4.78 is 10.7. The van der Waals surface area contributed by atoms with Gasteiger partial charge in [-0.05, 0) is 36.8 Å². The first-order valence-corrected chi connectivity index (χ1v) is 9.58. The van der Waals surface area contributed by atoms with Gasteiger partial charge in [0, 0.05) is 12.1 Å². The average molecular weight is 372 g/mol. The maximum atomic E-state index is 9.73. The summed E-state index contributed by atoms with van der Waals surface area (Å²) in [7, 11) is 3.17. The second kappa shape index (κ2) is 9.30. The second-order valence-corrected chi connectivity index (χ2v) is 6.85. The molecular weight excluding hydrogens is 348 g/mol. The van der Waals surface area contributed by atoms with E-state index in [2.05, 4.69) is 35.2 Å². The number of rotatable bonds is 8. The highest BCUT2D eigenvalue weighted by Crippen LogP contribution is 2.34. The van der Waals surface area contributed by atoms with Gasteiger partial charge in [-0.15, -0.1) is 0 Å². The maximum Gasteiger partial charge on any atom is 0.189 e. The van der Waals surface area contributed by atoms with Crippen LogP contribution in [0.3, 0.4) is 0 Å². The highest BCUT2D eigenvalue weighted by Gasteiger charge is 2.17. The Balaban J connectivity index is 2.52. The van der Waals surface area contributed by atoms with Gasteiger partial charge in [0.2, 0.25) is 0 Å². The molecule has 0 saturated heterocycles. The number of nitriles is 1. The molecule has 1 aromatic carbocycles. The molecule has 1 heterocycles. The molecule has 0 amide bonds. The van der Waals surface area contributed by atoms with Crippen molar-refractivity contribution in [3.05, 3.63) is 23.8 Å². The number of nitrogens with zero attached hydrogens (tertiary/aromatic N) is 3. The molecule has 0 atom stereocenters. The molecule has 0 aliphatic rings. The Bertz CT molecular complexity index is 803. The molecule has 0 unspecified atom stereocenters. The van der Waals surface area contributed by atoms with E-state index in [1.165, 1.54) is 11.8 Å². The van der Waals surface area contributed by atoms with E-state index in [1.807, 2.05) is 24.5 Å². The van der Waals surface area contributed by atoms with Gasteiger partial charge in [-0.2, -0.15) is 5.26 Å². The van der Waals surface area contributed by atoms with Crippen LogP contribution < -0.4 is 14.8 Å². The lowest BCUT2D eigenvalue weighted by atomic mass is 10.1. The van der Waals surface area contributed by atoms with E-state index >= 15 is 0 Å². The zero-order valence-corrected chi connectivity index (χ0v) is 16.6. The Labute approximate surface area is 159 Å². The first-order chi connectivity index (χ1) is 12.5. The van der Waals surface area contributed by atoms with Gasteiger partial charge < -0.3 is 14.8 Å². The third kappa shape index (κ3) is 4.58. The summed E-state index contributed by atoms with van der Waals surface area (Å²) in [5.74, 6) is 2.36. The molecule has 2 aromatic rings. The topological polar surface area (TPSA) is 80.1 Å². The van der Waals surface area contributed by atoms with E-state index < -0.39 is 0 Å². The quantitative estimate of drug-likeness (QED) is 0.549. The van der Waals surface area contributed by atoms with Crippen molar-refractivity contribution in [2.24, 2.45) is 5.92 Å². The van der Waals surface area contributed by atoms with E-state index in [4.69, 9.17) is 9.47 Å². The van der Waals surface area contributed by atoms with E-state index in [0.29, 0.717) is 39.6 Å². The zero-order chi connectivity index (χ0) is 19.1. The van der Waals surface area contributed by atoms with Crippen LogP contribution in [0.25, 0.3) is 11.3 Å². The summed E-state index contributed by atoms with van der Waals surface area (Å²) in [4.78, 5) is 9.04. The van der Waals surface area contributed by atoms with Crippen molar-refractivity contribution in [1.29, 1.82) is 5.26 Å². The number of hydrogen-bond acceptors (Lipinski definition) is 7.